The lowest BCUT2D eigenvalue weighted by Crippen LogP contribution is -2.42. The number of ether oxygens (including phenoxy) is 1. The molecule has 0 bridgehead atoms. The number of aryl methyl sites for hydroxylation is 1. The van der Waals surface area contributed by atoms with Crippen LogP contribution in [0.5, 0.6) is 0 Å². The Morgan fingerprint density at radius 3 is 2.65 bits per heavy atom. The normalized spacial score (nSPS) is 15.7. The molecule has 3 aromatic rings. The summed E-state index contributed by atoms with van der Waals surface area (Å²) in [4.78, 5) is 23.8. The van der Waals surface area contributed by atoms with E-state index in [9.17, 15) is 4.79 Å². The van der Waals surface area contributed by atoms with Gasteiger partial charge in [-0.2, -0.15) is 0 Å². The van der Waals surface area contributed by atoms with Crippen LogP contribution in [0, 0.1) is 5.92 Å². The number of piperidine rings is 1. The highest BCUT2D eigenvalue weighted by molar-refractivity contribution is 9.10. The van der Waals surface area contributed by atoms with E-state index in [-0.39, 0.29) is 6.09 Å². The van der Waals surface area contributed by atoms with Crippen molar-refractivity contribution in [2.45, 2.75) is 65.5 Å². The van der Waals surface area contributed by atoms with Crippen molar-refractivity contribution in [2.24, 2.45) is 5.92 Å². The number of fused-ring (bicyclic) bond motifs is 3. The van der Waals surface area contributed by atoms with E-state index >= 15 is 0 Å². The van der Waals surface area contributed by atoms with Crippen LogP contribution in [0.15, 0.2) is 28.9 Å². The van der Waals surface area contributed by atoms with Crippen LogP contribution in [0.1, 0.15) is 52.8 Å². The SMILES string of the molecule is CCCc1nc2cnc3cc(Br)ccc3c2n1CC1CCN(C(=O)OC(C)(C)C)CC1. The number of carbonyl (C=O) groups excluding carboxylic acids is 1. The minimum Gasteiger partial charge on any atom is -0.444 e. The Balaban J connectivity index is 1.58. The molecule has 0 atom stereocenters. The average molecular weight is 487 g/mol. The van der Waals surface area contributed by atoms with Crippen molar-refractivity contribution in [3.8, 4) is 0 Å². The second-order valence-electron chi connectivity index (χ2n) is 9.45. The van der Waals surface area contributed by atoms with Crippen molar-refractivity contribution in [2.75, 3.05) is 13.1 Å². The molecule has 0 saturated carbocycles. The summed E-state index contributed by atoms with van der Waals surface area (Å²) >= 11 is 3.56. The maximum absolute atomic E-state index is 12.4. The number of nitrogens with zero attached hydrogens (tertiary/aromatic N) is 4. The summed E-state index contributed by atoms with van der Waals surface area (Å²) in [6.45, 7) is 10.3. The highest BCUT2D eigenvalue weighted by Crippen LogP contribution is 2.30. The molecule has 1 aliphatic heterocycles. The molecule has 0 N–H and O–H groups in total. The van der Waals surface area contributed by atoms with E-state index in [4.69, 9.17) is 9.72 Å². The van der Waals surface area contributed by atoms with Crippen molar-refractivity contribution in [3.63, 3.8) is 0 Å². The predicted molar refractivity (Wildman–Crippen MR) is 127 cm³/mol. The molecule has 0 aliphatic carbocycles. The van der Waals surface area contributed by atoms with E-state index in [1.165, 1.54) is 5.52 Å². The molecule has 1 aliphatic rings. The lowest BCUT2D eigenvalue weighted by Gasteiger charge is -2.33. The molecule has 31 heavy (non-hydrogen) atoms. The van der Waals surface area contributed by atoms with Gasteiger partial charge in [0.1, 0.15) is 16.9 Å². The van der Waals surface area contributed by atoms with E-state index in [0.29, 0.717) is 5.92 Å². The minimum absolute atomic E-state index is 0.201. The maximum atomic E-state index is 12.4. The van der Waals surface area contributed by atoms with E-state index in [1.54, 1.807) is 0 Å². The average Bonchev–Trinajstić information content (AvgIpc) is 3.05. The predicted octanol–water partition coefficient (Wildman–Crippen LogP) is 5.95. The fourth-order valence-electron chi connectivity index (χ4n) is 4.33. The van der Waals surface area contributed by atoms with Crippen LogP contribution in [-0.4, -0.2) is 44.2 Å². The molecule has 4 rings (SSSR count). The first-order valence-electron chi connectivity index (χ1n) is 11.2. The number of hydrogen-bond donors (Lipinski definition) is 0. The molecular weight excluding hydrogens is 456 g/mol. The first kappa shape index (κ1) is 22.1. The van der Waals surface area contributed by atoms with Gasteiger partial charge in [-0.1, -0.05) is 22.9 Å². The van der Waals surface area contributed by atoms with Gasteiger partial charge in [-0.05, 0) is 64.2 Å². The fourth-order valence-corrected chi connectivity index (χ4v) is 4.68. The van der Waals surface area contributed by atoms with Crippen LogP contribution in [0.2, 0.25) is 0 Å². The van der Waals surface area contributed by atoms with Gasteiger partial charge in [0.25, 0.3) is 0 Å². The number of hydrogen-bond acceptors (Lipinski definition) is 4. The van der Waals surface area contributed by atoms with Crippen LogP contribution < -0.4 is 0 Å². The van der Waals surface area contributed by atoms with Gasteiger partial charge in [0.05, 0.1) is 17.2 Å². The molecular formula is C24H31BrN4O2. The van der Waals surface area contributed by atoms with Gasteiger partial charge in [0.15, 0.2) is 0 Å². The van der Waals surface area contributed by atoms with Crippen LogP contribution in [0.25, 0.3) is 21.9 Å². The highest BCUT2D eigenvalue weighted by Gasteiger charge is 2.28. The third kappa shape index (κ3) is 4.86. The third-order valence-corrected chi connectivity index (χ3v) is 6.29. The molecule has 0 spiro atoms. The van der Waals surface area contributed by atoms with Crippen molar-refractivity contribution in [1.29, 1.82) is 0 Å². The molecule has 1 aromatic carbocycles. The van der Waals surface area contributed by atoms with Crippen molar-refractivity contribution < 1.29 is 9.53 Å². The van der Waals surface area contributed by atoms with E-state index < -0.39 is 5.60 Å². The van der Waals surface area contributed by atoms with Crippen LogP contribution in [0.3, 0.4) is 0 Å². The monoisotopic (exact) mass is 486 g/mol. The number of amides is 1. The fraction of sp³-hybridized carbons (Fsp3) is 0.542. The Morgan fingerprint density at radius 2 is 1.97 bits per heavy atom. The molecule has 3 heterocycles. The van der Waals surface area contributed by atoms with Gasteiger partial charge < -0.3 is 14.2 Å². The quantitative estimate of drug-likeness (QED) is 0.457. The second-order valence-corrected chi connectivity index (χ2v) is 10.4. The lowest BCUT2D eigenvalue weighted by molar-refractivity contribution is 0.0178. The Kier molecular flexibility index (Phi) is 6.24. The van der Waals surface area contributed by atoms with Gasteiger partial charge in [-0.3, -0.25) is 4.98 Å². The number of pyridine rings is 1. The summed E-state index contributed by atoms with van der Waals surface area (Å²) in [6.07, 6.45) is 5.64. The number of benzene rings is 1. The summed E-state index contributed by atoms with van der Waals surface area (Å²) in [5.41, 5.74) is 2.66. The van der Waals surface area contributed by atoms with Crippen LogP contribution in [0.4, 0.5) is 4.79 Å². The van der Waals surface area contributed by atoms with Gasteiger partial charge in [-0.25, -0.2) is 9.78 Å². The van der Waals surface area contributed by atoms with E-state index in [0.717, 1.165) is 72.0 Å². The standard InChI is InChI=1S/C24H31BrN4O2/c1-5-6-21-27-20-14-26-19-13-17(25)7-8-18(19)22(20)29(21)15-16-9-11-28(12-10-16)23(30)31-24(2,3)4/h7-8,13-14,16H,5-6,9-12,15H2,1-4H3. The summed E-state index contributed by atoms with van der Waals surface area (Å²) in [5, 5.41) is 1.14. The van der Waals surface area contributed by atoms with Crippen molar-refractivity contribution in [1.82, 2.24) is 19.4 Å². The lowest BCUT2D eigenvalue weighted by atomic mass is 9.96. The first-order valence-corrected chi connectivity index (χ1v) is 12.0. The molecule has 2 aromatic heterocycles. The number of halogens is 1. The molecule has 1 saturated heterocycles. The Morgan fingerprint density at radius 1 is 1.23 bits per heavy atom. The largest absolute Gasteiger partial charge is 0.444 e. The molecule has 166 valence electrons. The topological polar surface area (TPSA) is 60.2 Å². The summed E-state index contributed by atoms with van der Waals surface area (Å²) in [6, 6.07) is 6.26. The molecule has 1 fully saturated rings. The summed E-state index contributed by atoms with van der Waals surface area (Å²) < 4.78 is 8.98. The second kappa shape index (κ2) is 8.77. The zero-order chi connectivity index (χ0) is 22.2. The number of carbonyl (C=O) groups is 1. The molecule has 1 amide bonds. The number of rotatable bonds is 4. The van der Waals surface area contributed by atoms with E-state index in [1.807, 2.05) is 31.9 Å². The summed E-state index contributed by atoms with van der Waals surface area (Å²) in [5.74, 6) is 1.63. The Bertz CT molecular complexity index is 1090. The van der Waals surface area contributed by atoms with Crippen molar-refractivity contribution >= 4 is 44.0 Å². The Labute approximate surface area is 192 Å². The molecule has 0 radical (unpaired) electrons. The third-order valence-electron chi connectivity index (χ3n) is 5.80. The number of aromatic nitrogens is 3. The number of likely N-dealkylation sites (tertiary alicyclic amines) is 1. The maximum Gasteiger partial charge on any atom is 0.410 e. The highest BCUT2D eigenvalue weighted by atomic mass is 79.9. The van der Waals surface area contributed by atoms with Crippen LogP contribution >= 0.6 is 15.9 Å². The van der Waals surface area contributed by atoms with Crippen LogP contribution in [-0.2, 0) is 17.7 Å². The van der Waals surface area contributed by atoms with E-state index in [2.05, 4.69) is 50.6 Å². The zero-order valence-corrected chi connectivity index (χ0v) is 20.4. The smallest absolute Gasteiger partial charge is 0.410 e. The van der Waals surface area contributed by atoms with Gasteiger partial charge in [0.2, 0.25) is 0 Å². The van der Waals surface area contributed by atoms with Crippen molar-refractivity contribution in [3.05, 3.63) is 34.7 Å². The van der Waals surface area contributed by atoms with Gasteiger partial charge in [-0.15, -0.1) is 0 Å². The Hall–Kier alpha value is -2.15. The first-order chi connectivity index (χ1) is 14.7. The molecule has 6 nitrogen and oxygen atoms in total. The minimum atomic E-state index is -0.456. The summed E-state index contributed by atoms with van der Waals surface area (Å²) in [7, 11) is 0. The molecule has 7 heteroatoms. The molecule has 0 unspecified atom stereocenters. The zero-order valence-electron chi connectivity index (χ0n) is 18.8. The number of imidazole rings is 1. The van der Waals surface area contributed by atoms with Gasteiger partial charge >= 0.3 is 6.09 Å². The van der Waals surface area contributed by atoms with Gasteiger partial charge in [0, 0.05) is 35.9 Å².